The van der Waals surface area contributed by atoms with E-state index >= 15 is 0 Å². The Hall–Kier alpha value is -3.24. The van der Waals surface area contributed by atoms with Crippen LogP contribution >= 0.6 is 0 Å². The molecule has 0 radical (unpaired) electrons. The average molecular weight is 512 g/mol. The molecule has 10 heteroatoms. The summed E-state index contributed by atoms with van der Waals surface area (Å²) in [6, 6.07) is 9.45. The number of nitrogens with one attached hydrogen (secondary N) is 1. The van der Waals surface area contributed by atoms with Crippen molar-refractivity contribution in [3.63, 3.8) is 0 Å². The van der Waals surface area contributed by atoms with E-state index in [2.05, 4.69) is 4.72 Å². The zero-order chi connectivity index (χ0) is 25.4. The fraction of sp³-hybridized carbons (Fsp3) is 0.423. The first kappa shape index (κ1) is 24.5. The number of ether oxygens (including phenoxy) is 1. The molecule has 5 rings (SSSR count). The van der Waals surface area contributed by atoms with E-state index in [4.69, 9.17) is 4.74 Å². The smallest absolute Gasteiger partial charge is 0.409 e. The lowest BCUT2D eigenvalue weighted by atomic mass is 9.90. The summed E-state index contributed by atoms with van der Waals surface area (Å²) in [7, 11) is -3.93. The van der Waals surface area contributed by atoms with Crippen molar-refractivity contribution in [2.24, 2.45) is 0 Å². The van der Waals surface area contributed by atoms with Crippen molar-refractivity contribution < 1.29 is 27.5 Å². The van der Waals surface area contributed by atoms with Crippen LogP contribution in [0.1, 0.15) is 64.4 Å². The average Bonchev–Trinajstić information content (AvgIpc) is 3.13. The van der Waals surface area contributed by atoms with Gasteiger partial charge in [0.15, 0.2) is 0 Å². The Balaban J connectivity index is 1.43. The number of aryl methyl sites for hydroxylation is 1. The molecule has 2 aromatic rings. The predicted octanol–water partition coefficient (Wildman–Crippen LogP) is 3.27. The van der Waals surface area contributed by atoms with E-state index in [1.54, 1.807) is 42.2 Å². The minimum absolute atomic E-state index is 0.0440. The lowest BCUT2D eigenvalue weighted by Gasteiger charge is -2.31. The van der Waals surface area contributed by atoms with Crippen molar-refractivity contribution in [1.82, 2.24) is 9.62 Å². The number of carbonyl (C=O) groups excluding carboxylic acids is 3. The van der Waals surface area contributed by atoms with Crippen LogP contribution in [0.3, 0.4) is 0 Å². The van der Waals surface area contributed by atoms with Crippen molar-refractivity contribution in [2.45, 2.75) is 56.4 Å². The van der Waals surface area contributed by atoms with E-state index < -0.39 is 21.8 Å². The number of amides is 3. The molecule has 3 aliphatic rings. The second kappa shape index (κ2) is 9.67. The Morgan fingerprint density at radius 1 is 1.03 bits per heavy atom. The number of piperidine rings is 1. The first-order valence-electron chi connectivity index (χ1n) is 12.4. The number of nitrogens with zero attached hydrogens (tertiary/aromatic N) is 2. The standard InChI is InChI=1S/C26H29N3O6S/c1-2-35-26(32)28-13-11-18(12-14-28)27-36(33,34)19-15-17-7-3-4-8-20(17)23(16-19)29-24(30)21-9-5-6-10-22(21)25(29)31/h5-6,9-10,15-16,18,27H,2-4,7-8,11-14H2,1H3. The molecule has 1 aliphatic carbocycles. The van der Waals surface area contributed by atoms with E-state index in [1.165, 1.54) is 6.07 Å². The molecule has 1 fully saturated rings. The van der Waals surface area contributed by atoms with Crippen LogP contribution in [0.4, 0.5) is 10.5 Å². The molecular weight excluding hydrogens is 482 g/mol. The van der Waals surface area contributed by atoms with Crippen LogP contribution in [0, 0.1) is 0 Å². The van der Waals surface area contributed by atoms with Crippen molar-refractivity contribution in [2.75, 3.05) is 24.6 Å². The van der Waals surface area contributed by atoms with Crippen LogP contribution < -0.4 is 9.62 Å². The van der Waals surface area contributed by atoms with Gasteiger partial charge in [0.25, 0.3) is 11.8 Å². The first-order valence-corrected chi connectivity index (χ1v) is 13.9. The van der Waals surface area contributed by atoms with E-state index in [1.807, 2.05) is 0 Å². The van der Waals surface area contributed by atoms with Gasteiger partial charge in [-0.05, 0) is 80.8 Å². The highest BCUT2D eigenvalue weighted by atomic mass is 32.2. The Morgan fingerprint density at radius 2 is 1.67 bits per heavy atom. The second-order valence-electron chi connectivity index (χ2n) is 9.36. The molecule has 9 nitrogen and oxygen atoms in total. The maximum atomic E-state index is 13.4. The fourth-order valence-electron chi connectivity index (χ4n) is 5.26. The molecular formula is C26H29N3O6S. The summed E-state index contributed by atoms with van der Waals surface area (Å²) in [6.45, 7) is 2.83. The number of hydrogen-bond donors (Lipinski definition) is 1. The van der Waals surface area contributed by atoms with Crippen LogP contribution in [-0.2, 0) is 27.6 Å². The Kier molecular flexibility index (Phi) is 6.57. The third-order valence-corrected chi connectivity index (χ3v) is 8.60. The largest absolute Gasteiger partial charge is 0.450 e. The molecule has 0 saturated carbocycles. The van der Waals surface area contributed by atoms with Crippen molar-refractivity contribution in [1.29, 1.82) is 0 Å². The summed E-state index contributed by atoms with van der Waals surface area (Å²) in [5.41, 5.74) is 2.72. The maximum Gasteiger partial charge on any atom is 0.409 e. The molecule has 2 aliphatic heterocycles. The molecule has 0 spiro atoms. The number of hydrogen-bond acceptors (Lipinski definition) is 6. The predicted molar refractivity (Wildman–Crippen MR) is 133 cm³/mol. The number of rotatable bonds is 5. The highest BCUT2D eigenvalue weighted by molar-refractivity contribution is 7.89. The van der Waals surface area contributed by atoms with Gasteiger partial charge in [-0.3, -0.25) is 9.59 Å². The van der Waals surface area contributed by atoms with Crippen LogP contribution in [0.2, 0.25) is 0 Å². The minimum atomic E-state index is -3.93. The van der Waals surface area contributed by atoms with E-state index in [0.717, 1.165) is 28.9 Å². The summed E-state index contributed by atoms with van der Waals surface area (Å²) in [4.78, 5) is 41.1. The van der Waals surface area contributed by atoms with Crippen LogP contribution in [0.15, 0.2) is 41.3 Å². The lowest BCUT2D eigenvalue weighted by Crippen LogP contribution is -2.46. The molecule has 190 valence electrons. The molecule has 3 amide bonds. The van der Waals surface area contributed by atoms with Gasteiger partial charge in [0.05, 0.1) is 28.3 Å². The molecule has 2 aromatic carbocycles. The van der Waals surface area contributed by atoms with Crippen LogP contribution in [0.25, 0.3) is 0 Å². The Labute approximate surface area is 210 Å². The first-order chi connectivity index (χ1) is 17.3. The van der Waals surface area contributed by atoms with Gasteiger partial charge < -0.3 is 9.64 Å². The molecule has 0 unspecified atom stereocenters. The number of sulfonamides is 1. The Morgan fingerprint density at radius 3 is 2.31 bits per heavy atom. The number of benzene rings is 2. The minimum Gasteiger partial charge on any atom is -0.450 e. The molecule has 0 aromatic heterocycles. The van der Waals surface area contributed by atoms with Gasteiger partial charge in [0.2, 0.25) is 10.0 Å². The molecule has 0 atom stereocenters. The molecule has 0 bridgehead atoms. The number of imide groups is 1. The van der Waals surface area contributed by atoms with Gasteiger partial charge in [0.1, 0.15) is 0 Å². The van der Waals surface area contributed by atoms with E-state index in [0.29, 0.717) is 62.2 Å². The number of anilines is 1. The Bertz CT molecular complexity index is 1300. The molecule has 1 saturated heterocycles. The zero-order valence-corrected chi connectivity index (χ0v) is 21.0. The van der Waals surface area contributed by atoms with Gasteiger partial charge in [-0.25, -0.2) is 22.8 Å². The summed E-state index contributed by atoms with van der Waals surface area (Å²) in [6.07, 6.45) is 3.73. The van der Waals surface area contributed by atoms with Crippen LogP contribution in [0.5, 0.6) is 0 Å². The van der Waals surface area contributed by atoms with Gasteiger partial charge in [-0.15, -0.1) is 0 Å². The summed E-state index contributed by atoms with van der Waals surface area (Å²) < 4.78 is 34.7. The fourth-order valence-corrected chi connectivity index (χ4v) is 6.64. The molecule has 36 heavy (non-hydrogen) atoms. The number of likely N-dealkylation sites (tertiary alicyclic amines) is 1. The molecule has 1 N–H and O–H groups in total. The van der Waals surface area contributed by atoms with Gasteiger partial charge in [0, 0.05) is 19.1 Å². The normalized spacial score (nSPS) is 18.2. The number of carbonyl (C=O) groups is 3. The van der Waals surface area contributed by atoms with Gasteiger partial charge >= 0.3 is 6.09 Å². The lowest BCUT2D eigenvalue weighted by molar-refractivity contribution is 0.0922. The van der Waals surface area contributed by atoms with Crippen molar-refractivity contribution in [3.05, 3.63) is 58.7 Å². The van der Waals surface area contributed by atoms with Crippen LogP contribution in [-0.4, -0.2) is 57.0 Å². The summed E-state index contributed by atoms with van der Waals surface area (Å²) >= 11 is 0. The van der Waals surface area contributed by atoms with Crippen molar-refractivity contribution >= 4 is 33.6 Å². The zero-order valence-electron chi connectivity index (χ0n) is 20.2. The molecule has 2 heterocycles. The van der Waals surface area contributed by atoms with Crippen molar-refractivity contribution in [3.8, 4) is 0 Å². The summed E-state index contributed by atoms with van der Waals surface area (Å²) in [5.74, 6) is -0.866. The van der Waals surface area contributed by atoms with E-state index in [9.17, 15) is 22.8 Å². The maximum absolute atomic E-state index is 13.4. The quantitative estimate of drug-likeness (QED) is 0.617. The number of fused-ring (bicyclic) bond motifs is 2. The topological polar surface area (TPSA) is 113 Å². The third kappa shape index (κ3) is 4.39. The highest BCUT2D eigenvalue weighted by Crippen LogP contribution is 2.37. The SMILES string of the molecule is CCOC(=O)N1CCC(NS(=O)(=O)c2cc3c(c(N4C(=O)c5ccccc5C4=O)c2)CCCC3)CC1. The highest BCUT2D eigenvalue weighted by Gasteiger charge is 2.39. The third-order valence-electron chi connectivity index (χ3n) is 7.10. The van der Waals surface area contributed by atoms with Gasteiger partial charge in [-0.2, -0.15) is 0 Å². The van der Waals surface area contributed by atoms with Gasteiger partial charge in [-0.1, -0.05) is 12.1 Å². The van der Waals surface area contributed by atoms with E-state index in [-0.39, 0.29) is 17.0 Å². The monoisotopic (exact) mass is 511 g/mol. The second-order valence-corrected chi connectivity index (χ2v) is 11.1. The summed E-state index contributed by atoms with van der Waals surface area (Å²) in [5, 5.41) is 0.